The molecule has 3 N–H and O–H groups in total. The standard InChI is InChI=1S/C29H34FN7O3S/c1-3-5-13-32-29(40)35(14-4-2)36-18-25(38)37-22(15-19-9-11-21(30)12-10-19)27(39)34(17-24(36)37)16-20-7-6-8-23-26(20)33-28(31)41-23/h4,6-12,22,24H,2-3,5,13-18H2,1H3,(H2,31,33)(H,32,40)/t22-,24+/m0/s1. The number of urea groups is 1. The molecule has 41 heavy (non-hydrogen) atoms. The average Bonchev–Trinajstić information content (AvgIpc) is 3.49. The predicted molar refractivity (Wildman–Crippen MR) is 156 cm³/mol. The van der Waals surface area contributed by atoms with Gasteiger partial charge in [-0.3, -0.25) is 14.6 Å². The Morgan fingerprint density at radius 3 is 2.78 bits per heavy atom. The van der Waals surface area contributed by atoms with Crippen LogP contribution in [0.25, 0.3) is 10.2 Å². The first kappa shape index (κ1) is 28.5. The minimum absolute atomic E-state index is 0.0566. The van der Waals surface area contributed by atoms with Gasteiger partial charge in [-0.15, -0.1) is 6.58 Å². The summed E-state index contributed by atoms with van der Waals surface area (Å²) in [5.74, 6) is -0.847. The van der Waals surface area contributed by atoms with E-state index in [1.54, 1.807) is 33.0 Å². The Morgan fingerprint density at radius 2 is 2.05 bits per heavy atom. The highest BCUT2D eigenvalue weighted by Gasteiger charge is 2.52. The molecule has 0 radical (unpaired) electrons. The lowest BCUT2D eigenvalue weighted by atomic mass is 10.00. The Morgan fingerprint density at radius 1 is 1.27 bits per heavy atom. The van der Waals surface area contributed by atoms with Gasteiger partial charge in [0.1, 0.15) is 18.0 Å². The molecule has 0 bridgehead atoms. The summed E-state index contributed by atoms with van der Waals surface area (Å²) in [5.41, 5.74) is 8.28. The first-order valence-corrected chi connectivity index (χ1v) is 14.5. The van der Waals surface area contributed by atoms with Gasteiger partial charge in [-0.1, -0.05) is 55.0 Å². The van der Waals surface area contributed by atoms with Crippen molar-refractivity contribution in [1.29, 1.82) is 0 Å². The summed E-state index contributed by atoms with van der Waals surface area (Å²) in [4.78, 5) is 48.5. The smallest absolute Gasteiger partial charge is 0.332 e. The third-order valence-electron chi connectivity index (χ3n) is 7.44. The van der Waals surface area contributed by atoms with Gasteiger partial charge in [-0.25, -0.2) is 14.2 Å². The quantitative estimate of drug-likeness (QED) is 0.281. The molecule has 5 rings (SSSR count). The number of nitrogen functional groups attached to an aromatic ring is 1. The largest absolute Gasteiger partial charge is 0.375 e. The summed E-state index contributed by atoms with van der Waals surface area (Å²) in [6.45, 7) is 6.95. The maximum atomic E-state index is 14.0. The van der Waals surface area contributed by atoms with Crippen molar-refractivity contribution in [3.8, 4) is 0 Å². The van der Waals surface area contributed by atoms with Crippen LogP contribution < -0.4 is 11.1 Å². The zero-order valence-electron chi connectivity index (χ0n) is 23.0. The van der Waals surface area contributed by atoms with Gasteiger partial charge in [0.2, 0.25) is 11.8 Å². The number of para-hydroxylation sites is 1. The number of thiazole rings is 1. The van der Waals surface area contributed by atoms with Crippen molar-refractivity contribution in [3.05, 3.63) is 72.1 Å². The molecule has 216 valence electrons. The zero-order valence-corrected chi connectivity index (χ0v) is 23.8. The summed E-state index contributed by atoms with van der Waals surface area (Å²) in [6.07, 6.45) is 3.00. The molecule has 2 saturated heterocycles. The van der Waals surface area contributed by atoms with Gasteiger partial charge in [0, 0.05) is 19.5 Å². The van der Waals surface area contributed by atoms with E-state index >= 15 is 0 Å². The number of benzene rings is 2. The molecule has 1 aromatic heterocycles. The van der Waals surface area contributed by atoms with Crippen LogP contribution >= 0.6 is 11.3 Å². The molecule has 2 atom stereocenters. The zero-order chi connectivity index (χ0) is 29.1. The number of aromatic nitrogens is 1. The molecule has 3 aromatic rings. The minimum Gasteiger partial charge on any atom is -0.375 e. The molecule has 10 nitrogen and oxygen atoms in total. The molecule has 2 fully saturated rings. The first-order valence-electron chi connectivity index (χ1n) is 13.7. The molecule has 3 heterocycles. The third-order valence-corrected chi connectivity index (χ3v) is 8.29. The number of hydrogen-bond donors (Lipinski definition) is 2. The summed E-state index contributed by atoms with van der Waals surface area (Å²) < 4.78 is 14.6. The van der Waals surface area contributed by atoms with Crippen molar-refractivity contribution < 1.29 is 18.8 Å². The molecule has 0 spiro atoms. The maximum Gasteiger partial charge on any atom is 0.332 e. The first-order chi connectivity index (χ1) is 19.8. The molecule has 0 aliphatic carbocycles. The van der Waals surface area contributed by atoms with E-state index in [4.69, 9.17) is 5.73 Å². The van der Waals surface area contributed by atoms with E-state index in [9.17, 15) is 18.8 Å². The number of hydrazine groups is 1. The van der Waals surface area contributed by atoms with Gasteiger partial charge in [-0.2, -0.15) is 5.01 Å². The van der Waals surface area contributed by atoms with Crippen LogP contribution in [0.3, 0.4) is 0 Å². The second kappa shape index (κ2) is 12.2. The fourth-order valence-corrected chi connectivity index (χ4v) is 6.26. The second-order valence-electron chi connectivity index (χ2n) is 10.2. The van der Waals surface area contributed by atoms with E-state index < -0.39 is 12.2 Å². The molecular weight excluding hydrogens is 545 g/mol. The summed E-state index contributed by atoms with van der Waals surface area (Å²) in [5, 5.41) is 6.59. The minimum atomic E-state index is -0.829. The molecule has 0 unspecified atom stereocenters. The monoisotopic (exact) mass is 579 g/mol. The summed E-state index contributed by atoms with van der Waals surface area (Å²) in [7, 11) is 0. The molecular formula is C29H34FN7O3S. The number of amides is 4. The Balaban J connectivity index is 1.49. The molecule has 0 saturated carbocycles. The highest BCUT2D eigenvalue weighted by molar-refractivity contribution is 7.22. The van der Waals surface area contributed by atoms with Crippen LogP contribution in [0.4, 0.5) is 14.3 Å². The second-order valence-corrected chi connectivity index (χ2v) is 11.3. The van der Waals surface area contributed by atoms with Crippen molar-refractivity contribution in [2.75, 3.05) is 31.9 Å². The molecule has 2 aliphatic heterocycles. The van der Waals surface area contributed by atoms with E-state index in [1.807, 2.05) is 25.1 Å². The lowest BCUT2D eigenvalue weighted by Crippen LogP contribution is -2.66. The highest BCUT2D eigenvalue weighted by atomic mass is 32.1. The van der Waals surface area contributed by atoms with Gasteiger partial charge < -0.3 is 20.9 Å². The van der Waals surface area contributed by atoms with Crippen LogP contribution in [-0.4, -0.2) is 81.0 Å². The molecule has 2 aliphatic rings. The van der Waals surface area contributed by atoms with Crippen molar-refractivity contribution in [2.45, 2.75) is 44.9 Å². The number of carbonyl (C=O) groups is 3. The number of halogens is 1. The maximum absolute atomic E-state index is 14.0. The Kier molecular flexibility index (Phi) is 8.50. The highest BCUT2D eigenvalue weighted by Crippen LogP contribution is 2.32. The summed E-state index contributed by atoms with van der Waals surface area (Å²) in [6, 6.07) is 10.5. The SMILES string of the molecule is C=CCN(C(=O)NCCCC)N1CC(=O)N2[C@@H](Cc3ccc(F)cc3)C(=O)N(Cc3cccc4sc(N)nc34)C[C@@H]21. The number of carbonyl (C=O) groups excluding carboxylic acids is 3. The van der Waals surface area contributed by atoms with E-state index in [0.717, 1.165) is 34.2 Å². The van der Waals surface area contributed by atoms with Crippen LogP contribution in [-0.2, 0) is 22.6 Å². The van der Waals surface area contributed by atoms with Crippen LogP contribution in [0.5, 0.6) is 0 Å². The Bertz CT molecular complexity index is 1450. The molecule has 12 heteroatoms. The van der Waals surface area contributed by atoms with Gasteiger partial charge in [-0.05, 0) is 35.7 Å². The Hall–Kier alpha value is -4.03. The van der Waals surface area contributed by atoms with Crippen molar-refractivity contribution >= 4 is 44.5 Å². The number of piperazine rings is 1. The van der Waals surface area contributed by atoms with Crippen molar-refractivity contribution in [3.63, 3.8) is 0 Å². The van der Waals surface area contributed by atoms with Gasteiger partial charge in [0.05, 0.1) is 29.9 Å². The van der Waals surface area contributed by atoms with E-state index in [-0.39, 0.29) is 56.3 Å². The number of nitrogens with two attached hydrogens (primary N) is 1. The molecule has 4 amide bonds. The lowest BCUT2D eigenvalue weighted by Gasteiger charge is -2.46. The van der Waals surface area contributed by atoms with Gasteiger partial charge in [0.15, 0.2) is 5.13 Å². The van der Waals surface area contributed by atoms with Crippen LogP contribution in [0, 0.1) is 5.82 Å². The predicted octanol–water partition coefficient (Wildman–Crippen LogP) is 3.35. The number of anilines is 1. The van der Waals surface area contributed by atoms with Gasteiger partial charge >= 0.3 is 6.03 Å². The average molecular weight is 580 g/mol. The number of fused-ring (bicyclic) bond motifs is 2. The normalized spacial score (nSPS) is 19.1. The number of unbranched alkanes of at least 4 members (excludes halogenated alkanes) is 1. The van der Waals surface area contributed by atoms with E-state index in [0.29, 0.717) is 11.7 Å². The van der Waals surface area contributed by atoms with E-state index in [1.165, 1.54) is 28.5 Å². The van der Waals surface area contributed by atoms with Crippen molar-refractivity contribution in [2.24, 2.45) is 0 Å². The lowest BCUT2D eigenvalue weighted by molar-refractivity contribution is -0.157. The van der Waals surface area contributed by atoms with Crippen LogP contribution in [0.1, 0.15) is 30.9 Å². The molecule has 2 aromatic carbocycles. The number of nitrogens with zero attached hydrogens (tertiary/aromatic N) is 5. The fourth-order valence-electron chi connectivity index (χ4n) is 5.48. The van der Waals surface area contributed by atoms with Crippen molar-refractivity contribution in [1.82, 2.24) is 30.1 Å². The number of nitrogens with one attached hydrogen (secondary N) is 1. The topological polar surface area (TPSA) is 115 Å². The van der Waals surface area contributed by atoms with Gasteiger partial charge in [0.25, 0.3) is 0 Å². The number of hydrogen-bond acceptors (Lipinski definition) is 7. The van der Waals surface area contributed by atoms with E-state index in [2.05, 4.69) is 16.9 Å². The van der Waals surface area contributed by atoms with Crippen LogP contribution in [0.2, 0.25) is 0 Å². The number of rotatable bonds is 10. The van der Waals surface area contributed by atoms with Crippen LogP contribution in [0.15, 0.2) is 55.1 Å². The third kappa shape index (κ3) is 5.89. The fraction of sp³-hybridized carbons (Fsp3) is 0.379. The Labute approximate surface area is 242 Å². The summed E-state index contributed by atoms with van der Waals surface area (Å²) >= 11 is 1.38.